The van der Waals surface area contributed by atoms with E-state index in [1.54, 1.807) is 0 Å². The van der Waals surface area contributed by atoms with E-state index in [-0.39, 0.29) is 24.0 Å². The van der Waals surface area contributed by atoms with E-state index >= 15 is 0 Å². The van der Waals surface area contributed by atoms with Gasteiger partial charge < -0.3 is 15.6 Å². The summed E-state index contributed by atoms with van der Waals surface area (Å²) in [6.45, 7) is 10.9. The Morgan fingerprint density at radius 1 is 1.18 bits per heavy atom. The molecule has 0 saturated heterocycles. The van der Waals surface area contributed by atoms with Gasteiger partial charge >= 0.3 is 0 Å². The Kier molecular flexibility index (Phi) is 7.62. The number of nitrogens with two attached hydrogens (primary N) is 1. The van der Waals surface area contributed by atoms with Crippen molar-refractivity contribution in [3.8, 4) is 0 Å². The Hall–Kier alpha value is -2.35. The molecular weight excluding hydrogens is 374 g/mol. The Balaban J connectivity index is 2.07. The maximum absolute atomic E-state index is 12.5. The lowest BCUT2D eigenvalue weighted by molar-refractivity contribution is -0.118. The van der Waals surface area contributed by atoms with Gasteiger partial charge in [0.15, 0.2) is 5.16 Å². The molecule has 8 heteroatoms. The molecule has 152 valence electrons. The molecule has 0 radical (unpaired) electrons. The van der Waals surface area contributed by atoms with Crippen molar-refractivity contribution in [1.82, 2.24) is 14.8 Å². The first-order valence-corrected chi connectivity index (χ1v) is 10.4. The van der Waals surface area contributed by atoms with Crippen LogP contribution in [0, 0.1) is 26.7 Å². The molecule has 0 spiro atoms. The molecule has 1 aromatic heterocycles. The maximum Gasteiger partial charge on any atom is 0.234 e. The van der Waals surface area contributed by atoms with Crippen molar-refractivity contribution < 1.29 is 9.59 Å². The predicted octanol–water partition coefficient (Wildman–Crippen LogP) is 3.01. The smallest absolute Gasteiger partial charge is 0.234 e. The minimum Gasteiger partial charge on any atom is -0.370 e. The molecule has 7 nitrogen and oxygen atoms in total. The first-order chi connectivity index (χ1) is 13.2. The number of nitrogens with zero attached hydrogens (tertiary/aromatic N) is 3. The van der Waals surface area contributed by atoms with E-state index in [1.807, 2.05) is 25.3 Å². The Bertz CT molecular complexity index is 837. The molecule has 3 N–H and O–H groups in total. The first-order valence-electron chi connectivity index (χ1n) is 9.38. The lowest BCUT2D eigenvalue weighted by Crippen LogP contribution is -2.17. The Morgan fingerprint density at radius 2 is 1.82 bits per heavy atom. The molecule has 0 aliphatic heterocycles. The average Bonchev–Trinajstić information content (AvgIpc) is 2.95. The number of benzene rings is 1. The fraction of sp³-hybridized carbons (Fsp3) is 0.500. The van der Waals surface area contributed by atoms with Crippen molar-refractivity contribution in [2.75, 3.05) is 11.1 Å². The Morgan fingerprint density at radius 3 is 2.39 bits per heavy atom. The van der Waals surface area contributed by atoms with Crippen LogP contribution in [0.15, 0.2) is 17.3 Å². The highest BCUT2D eigenvalue weighted by Gasteiger charge is 2.16. The zero-order valence-electron chi connectivity index (χ0n) is 17.2. The molecule has 0 aliphatic carbocycles. The molecule has 0 aliphatic rings. The molecule has 0 saturated carbocycles. The number of amides is 2. The quantitative estimate of drug-likeness (QED) is 0.627. The number of carbonyl (C=O) groups is 2. The van der Waals surface area contributed by atoms with Crippen molar-refractivity contribution in [1.29, 1.82) is 0 Å². The largest absolute Gasteiger partial charge is 0.370 e. The van der Waals surface area contributed by atoms with E-state index in [1.165, 1.54) is 17.3 Å². The van der Waals surface area contributed by atoms with Crippen LogP contribution in [-0.2, 0) is 22.6 Å². The van der Waals surface area contributed by atoms with Crippen LogP contribution in [0.5, 0.6) is 0 Å². The summed E-state index contributed by atoms with van der Waals surface area (Å²) < 4.78 is 1.98. The van der Waals surface area contributed by atoms with Crippen molar-refractivity contribution in [2.45, 2.75) is 59.2 Å². The summed E-state index contributed by atoms with van der Waals surface area (Å²) >= 11 is 1.35. The van der Waals surface area contributed by atoms with Crippen LogP contribution >= 0.6 is 11.8 Å². The molecule has 0 unspecified atom stereocenters. The number of aryl methyl sites for hydroxylation is 4. The average molecular weight is 404 g/mol. The van der Waals surface area contributed by atoms with Crippen LogP contribution in [0.1, 0.15) is 42.8 Å². The van der Waals surface area contributed by atoms with E-state index in [4.69, 9.17) is 5.73 Å². The van der Waals surface area contributed by atoms with Crippen LogP contribution in [0.25, 0.3) is 0 Å². The normalized spacial score (nSPS) is 11.1. The van der Waals surface area contributed by atoms with Crippen molar-refractivity contribution in [3.63, 3.8) is 0 Å². The number of hydrogen-bond donors (Lipinski definition) is 2. The van der Waals surface area contributed by atoms with Crippen LogP contribution in [-0.4, -0.2) is 32.3 Å². The van der Waals surface area contributed by atoms with Crippen molar-refractivity contribution in [2.24, 2.45) is 11.7 Å². The molecule has 0 bridgehead atoms. The number of nitrogens with one attached hydrogen (secondary N) is 1. The summed E-state index contributed by atoms with van der Waals surface area (Å²) in [5.41, 5.74) is 9.38. The monoisotopic (exact) mass is 403 g/mol. The van der Waals surface area contributed by atoms with E-state index in [2.05, 4.69) is 41.5 Å². The van der Waals surface area contributed by atoms with Gasteiger partial charge in [0.25, 0.3) is 0 Å². The third kappa shape index (κ3) is 6.09. The SMILES string of the molecule is Cc1cc(C)c(NC(=O)CSc2nnc(CCC(N)=O)n2CC(C)C)c(C)c1. The van der Waals surface area contributed by atoms with Crippen LogP contribution in [0.2, 0.25) is 0 Å². The summed E-state index contributed by atoms with van der Waals surface area (Å²) in [5, 5.41) is 12.1. The van der Waals surface area contributed by atoms with E-state index in [9.17, 15) is 9.59 Å². The molecule has 1 aromatic carbocycles. The fourth-order valence-corrected chi connectivity index (χ4v) is 3.84. The number of thioether (sulfide) groups is 1. The zero-order chi connectivity index (χ0) is 20.8. The maximum atomic E-state index is 12.5. The second-order valence-corrected chi connectivity index (χ2v) is 8.42. The summed E-state index contributed by atoms with van der Waals surface area (Å²) in [6, 6.07) is 4.11. The van der Waals surface area contributed by atoms with Gasteiger partial charge in [0, 0.05) is 25.1 Å². The number of aromatic nitrogens is 3. The highest BCUT2D eigenvalue weighted by Crippen LogP contribution is 2.24. The molecule has 28 heavy (non-hydrogen) atoms. The lowest BCUT2D eigenvalue weighted by Gasteiger charge is -2.14. The van der Waals surface area contributed by atoms with Gasteiger partial charge in [-0.1, -0.05) is 43.3 Å². The fourth-order valence-electron chi connectivity index (χ4n) is 3.08. The topological polar surface area (TPSA) is 103 Å². The van der Waals surface area contributed by atoms with Gasteiger partial charge in [-0.25, -0.2) is 0 Å². The second kappa shape index (κ2) is 9.73. The number of hydrogen-bond acceptors (Lipinski definition) is 5. The summed E-state index contributed by atoms with van der Waals surface area (Å²) in [7, 11) is 0. The molecule has 1 heterocycles. The van der Waals surface area contributed by atoms with E-state index in [0.29, 0.717) is 17.5 Å². The van der Waals surface area contributed by atoms with Gasteiger partial charge in [-0.15, -0.1) is 10.2 Å². The minimum atomic E-state index is -0.364. The predicted molar refractivity (Wildman–Crippen MR) is 112 cm³/mol. The first kappa shape index (κ1) is 21.9. The molecular formula is C20H29N5O2S. The molecule has 0 fully saturated rings. The third-order valence-corrected chi connectivity index (χ3v) is 5.18. The molecule has 0 atom stereocenters. The van der Waals surface area contributed by atoms with Crippen molar-refractivity contribution in [3.05, 3.63) is 34.6 Å². The summed E-state index contributed by atoms with van der Waals surface area (Å²) in [4.78, 5) is 23.6. The van der Waals surface area contributed by atoms with Gasteiger partial charge in [0.2, 0.25) is 11.8 Å². The standard InChI is InChI=1S/C20H29N5O2S/c1-12(2)10-25-17(7-6-16(21)26)23-24-20(25)28-11-18(27)22-19-14(4)8-13(3)9-15(19)5/h8-9,12H,6-7,10-11H2,1-5H3,(H2,21,26)(H,22,27). The van der Waals surface area contributed by atoms with E-state index in [0.717, 1.165) is 29.2 Å². The zero-order valence-corrected chi connectivity index (χ0v) is 18.0. The molecule has 2 aromatic rings. The van der Waals surface area contributed by atoms with Crippen LogP contribution < -0.4 is 11.1 Å². The number of anilines is 1. The summed E-state index contributed by atoms with van der Waals surface area (Å²) in [5.74, 6) is 0.892. The Labute approximate surface area is 170 Å². The van der Waals surface area contributed by atoms with E-state index < -0.39 is 0 Å². The van der Waals surface area contributed by atoms with Crippen LogP contribution in [0.4, 0.5) is 5.69 Å². The lowest BCUT2D eigenvalue weighted by atomic mass is 10.1. The molecule has 2 amide bonds. The van der Waals surface area contributed by atoms with Crippen LogP contribution in [0.3, 0.4) is 0 Å². The number of primary amides is 1. The second-order valence-electron chi connectivity index (χ2n) is 7.48. The third-order valence-electron chi connectivity index (χ3n) is 4.21. The van der Waals surface area contributed by atoms with Gasteiger partial charge in [-0.2, -0.15) is 0 Å². The highest BCUT2D eigenvalue weighted by atomic mass is 32.2. The highest BCUT2D eigenvalue weighted by molar-refractivity contribution is 7.99. The van der Waals surface area contributed by atoms with Gasteiger partial charge in [-0.3, -0.25) is 9.59 Å². The minimum absolute atomic E-state index is 0.0853. The van der Waals surface area contributed by atoms with Gasteiger partial charge in [0.1, 0.15) is 5.82 Å². The number of rotatable bonds is 9. The van der Waals surface area contributed by atoms with Gasteiger partial charge in [0.05, 0.1) is 5.75 Å². The van der Waals surface area contributed by atoms with Gasteiger partial charge in [-0.05, 0) is 37.8 Å². The summed E-state index contributed by atoms with van der Waals surface area (Å²) in [6.07, 6.45) is 0.678. The number of carbonyl (C=O) groups excluding carboxylic acids is 2. The molecule has 2 rings (SSSR count). The van der Waals surface area contributed by atoms with Crippen molar-refractivity contribution >= 4 is 29.3 Å².